The van der Waals surface area contributed by atoms with Crippen LogP contribution in [0, 0.1) is 12.8 Å². The summed E-state index contributed by atoms with van der Waals surface area (Å²) in [6, 6.07) is 6.81. The Morgan fingerprint density at radius 2 is 2.28 bits per heavy atom. The molecule has 1 aliphatic rings. The van der Waals surface area contributed by atoms with E-state index in [0.29, 0.717) is 6.04 Å². The zero-order valence-electron chi connectivity index (χ0n) is 11.1. The predicted octanol–water partition coefficient (Wildman–Crippen LogP) is 4.13. The first-order chi connectivity index (χ1) is 8.74. The van der Waals surface area contributed by atoms with Crippen molar-refractivity contribution >= 4 is 16.8 Å². The minimum absolute atomic E-state index is 0.625. The van der Waals surface area contributed by atoms with Crippen molar-refractivity contribution in [3.8, 4) is 0 Å². The second-order valence-corrected chi connectivity index (χ2v) is 5.34. The summed E-state index contributed by atoms with van der Waals surface area (Å²) in [5, 5.41) is 3.62. The van der Waals surface area contributed by atoms with Crippen LogP contribution in [0.2, 0.25) is 0 Å². The normalized spacial score (nSPS) is 23.7. The van der Waals surface area contributed by atoms with E-state index in [2.05, 4.69) is 29.4 Å². The van der Waals surface area contributed by atoms with Gasteiger partial charge in [0.05, 0.1) is 0 Å². The Bertz CT molecular complexity index is 546. The molecule has 1 aliphatic carbocycles. The minimum Gasteiger partial charge on any atom is -0.441 e. The number of fused-ring (bicyclic) bond motifs is 1. The Morgan fingerprint density at radius 3 is 3.06 bits per heavy atom. The molecule has 0 spiro atoms. The molecule has 3 heteroatoms. The lowest BCUT2D eigenvalue weighted by molar-refractivity contribution is 0.525. The zero-order chi connectivity index (χ0) is 12.5. The Labute approximate surface area is 108 Å². The van der Waals surface area contributed by atoms with Crippen molar-refractivity contribution in [1.82, 2.24) is 4.98 Å². The summed E-state index contributed by atoms with van der Waals surface area (Å²) < 4.78 is 5.49. The van der Waals surface area contributed by atoms with E-state index in [9.17, 15) is 0 Å². The van der Waals surface area contributed by atoms with Crippen molar-refractivity contribution < 1.29 is 4.42 Å². The molecule has 2 unspecified atom stereocenters. The third kappa shape index (κ3) is 2.22. The van der Waals surface area contributed by atoms with Gasteiger partial charge in [-0.2, -0.15) is 0 Å². The highest BCUT2D eigenvalue weighted by molar-refractivity contribution is 5.77. The molecule has 96 valence electrons. The Morgan fingerprint density at radius 1 is 1.39 bits per heavy atom. The molecule has 1 fully saturated rings. The third-order valence-corrected chi connectivity index (χ3v) is 3.98. The SMILES string of the molecule is CCC1CCC(Nc2ccc3oc(C)nc3c2)C1. The lowest BCUT2D eigenvalue weighted by Crippen LogP contribution is -2.15. The average Bonchev–Trinajstić information content (AvgIpc) is 2.94. The predicted molar refractivity (Wildman–Crippen MR) is 73.8 cm³/mol. The number of aryl methyl sites for hydroxylation is 1. The van der Waals surface area contributed by atoms with Crippen LogP contribution in [0.25, 0.3) is 11.1 Å². The molecule has 1 aromatic carbocycles. The summed E-state index contributed by atoms with van der Waals surface area (Å²) in [6.07, 6.45) is 5.25. The van der Waals surface area contributed by atoms with E-state index in [1.54, 1.807) is 0 Å². The average molecular weight is 244 g/mol. The largest absolute Gasteiger partial charge is 0.441 e. The van der Waals surface area contributed by atoms with E-state index in [1.807, 2.05) is 13.0 Å². The summed E-state index contributed by atoms with van der Waals surface area (Å²) in [7, 11) is 0. The van der Waals surface area contributed by atoms with Gasteiger partial charge in [-0.25, -0.2) is 4.98 Å². The molecule has 1 heterocycles. The Kier molecular flexibility index (Phi) is 2.98. The van der Waals surface area contributed by atoms with E-state index in [4.69, 9.17) is 4.42 Å². The Hall–Kier alpha value is -1.51. The Balaban J connectivity index is 1.74. The number of benzene rings is 1. The maximum Gasteiger partial charge on any atom is 0.192 e. The van der Waals surface area contributed by atoms with Gasteiger partial charge in [-0.05, 0) is 43.4 Å². The highest BCUT2D eigenvalue weighted by Crippen LogP contribution is 2.30. The smallest absolute Gasteiger partial charge is 0.192 e. The summed E-state index contributed by atoms with van der Waals surface area (Å²) in [6.45, 7) is 4.17. The highest BCUT2D eigenvalue weighted by Gasteiger charge is 2.23. The van der Waals surface area contributed by atoms with Gasteiger partial charge >= 0.3 is 0 Å². The number of aromatic nitrogens is 1. The second kappa shape index (κ2) is 4.63. The fourth-order valence-electron chi connectivity index (χ4n) is 2.94. The molecule has 1 saturated carbocycles. The van der Waals surface area contributed by atoms with Gasteiger partial charge < -0.3 is 9.73 Å². The fourth-order valence-corrected chi connectivity index (χ4v) is 2.94. The van der Waals surface area contributed by atoms with E-state index < -0.39 is 0 Å². The molecular weight excluding hydrogens is 224 g/mol. The van der Waals surface area contributed by atoms with Gasteiger partial charge in [0.1, 0.15) is 5.52 Å². The highest BCUT2D eigenvalue weighted by atomic mass is 16.3. The first kappa shape index (κ1) is 11.6. The molecule has 0 bridgehead atoms. The van der Waals surface area contributed by atoms with E-state index in [0.717, 1.165) is 28.6 Å². The van der Waals surface area contributed by atoms with Crippen molar-refractivity contribution in [3.63, 3.8) is 0 Å². The summed E-state index contributed by atoms with van der Waals surface area (Å²) in [5.41, 5.74) is 2.98. The maximum absolute atomic E-state index is 5.49. The lowest BCUT2D eigenvalue weighted by Gasteiger charge is -2.14. The molecule has 2 atom stereocenters. The first-order valence-electron chi connectivity index (χ1n) is 6.88. The molecule has 0 aliphatic heterocycles. The molecule has 1 aromatic heterocycles. The molecular formula is C15H20N2O. The van der Waals surface area contributed by atoms with Crippen LogP contribution in [0.4, 0.5) is 5.69 Å². The van der Waals surface area contributed by atoms with Gasteiger partial charge in [0.25, 0.3) is 0 Å². The molecule has 2 aromatic rings. The molecule has 3 nitrogen and oxygen atoms in total. The van der Waals surface area contributed by atoms with Crippen molar-refractivity contribution in [3.05, 3.63) is 24.1 Å². The quantitative estimate of drug-likeness (QED) is 0.882. The third-order valence-electron chi connectivity index (χ3n) is 3.98. The molecule has 0 radical (unpaired) electrons. The maximum atomic E-state index is 5.49. The summed E-state index contributed by atoms with van der Waals surface area (Å²) >= 11 is 0. The number of nitrogens with one attached hydrogen (secondary N) is 1. The van der Waals surface area contributed by atoms with Gasteiger partial charge in [0, 0.05) is 18.7 Å². The van der Waals surface area contributed by atoms with Crippen LogP contribution in [0.5, 0.6) is 0 Å². The van der Waals surface area contributed by atoms with Gasteiger partial charge in [-0.1, -0.05) is 13.3 Å². The van der Waals surface area contributed by atoms with Gasteiger partial charge in [0.15, 0.2) is 11.5 Å². The number of oxazole rings is 1. The van der Waals surface area contributed by atoms with Crippen LogP contribution < -0.4 is 5.32 Å². The number of nitrogens with zero attached hydrogens (tertiary/aromatic N) is 1. The zero-order valence-corrected chi connectivity index (χ0v) is 11.1. The summed E-state index contributed by atoms with van der Waals surface area (Å²) in [5.74, 6) is 1.63. The van der Waals surface area contributed by atoms with Crippen LogP contribution in [-0.4, -0.2) is 11.0 Å². The minimum atomic E-state index is 0.625. The number of hydrogen-bond acceptors (Lipinski definition) is 3. The van der Waals surface area contributed by atoms with E-state index in [-0.39, 0.29) is 0 Å². The van der Waals surface area contributed by atoms with Crippen LogP contribution in [0.1, 0.15) is 38.5 Å². The molecule has 3 rings (SSSR count). The first-order valence-corrected chi connectivity index (χ1v) is 6.88. The molecule has 0 amide bonds. The van der Waals surface area contributed by atoms with Gasteiger partial charge in [-0.3, -0.25) is 0 Å². The topological polar surface area (TPSA) is 38.1 Å². The van der Waals surface area contributed by atoms with Crippen LogP contribution in [0.15, 0.2) is 22.6 Å². The van der Waals surface area contributed by atoms with Crippen molar-refractivity contribution in [2.75, 3.05) is 5.32 Å². The molecule has 1 N–H and O–H groups in total. The van der Waals surface area contributed by atoms with Gasteiger partial charge in [-0.15, -0.1) is 0 Å². The van der Waals surface area contributed by atoms with E-state index >= 15 is 0 Å². The van der Waals surface area contributed by atoms with Crippen LogP contribution in [-0.2, 0) is 0 Å². The van der Waals surface area contributed by atoms with Crippen LogP contribution in [0.3, 0.4) is 0 Å². The second-order valence-electron chi connectivity index (χ2n) is 5.34. The number of hydrogen-bond donors (Lipinski definition) is 1. The van der Waals surface area contributed by atoms with Gasteiger partial charge in [0.2, 0.25) is 0 Å². The van der Waals surface area contributed by atoms with Crippen molar-refractivity contribution in [2.24, 2.45) is 5.92 Å². The fraction of sp³-hybridized carbons (Fsp3) is 0.533. The molecule has 0 saturated heterocycles. The molecule has 18 heavy (non-hydrogen) atoms. The van der Waals surface area contributed by atoms with Crippen molar-refractivity contribution in [1.29, 1.82) is 0 Å². The number of anilines is 1. The monoisotopic (exact) mass is 244 g/mol. The van der Waals surface area contributed by atoms with Crippen molar-refractivity contribution in [2.45, 2.75) is 45.6 Å². The standard InChI is InChI=1S/C15H20N2O/c1-3-11-4-5-12(8-11)17-13-6-7-15-14(9-13)16-10(2)18-15/h6-7,9,11-12,17H,3-5,8H2,1-2H3. The lowest BCUT2D eigenvalue weighted by atomic mass is 10.1. The van der Waals surface area contributed by atoms with E-state index in [1.165, 1.54) is 25.7 Å². The summed E-state index contributed by atoms with van der Waals surface area (Å²) in [4.78, 5) is 4.37. The van der Waals surface area contributed by atoms with Crippen LogP contribution >= 0.6 is 0 Å². The number of rotatable bonds is 3.